The molecule has 1 N–H and O–H groups in total. The first-order valence-corrected chi connectivity index (χ1v) is 9.72. The SMILES string of the molecule is C[C@H](Nc1nccc(-c2c(-c3ccc(F)cc3)c(=O)n(C)n2C)n1)c1ccc(F)cc1. The van der Waals surface area contributed by atoms with Gasteiger partial charge in [-0.25, -0.2) is 18.7 Å². The lowest BCUT2D eigenvalue weighted by Gasteiger charge is -2.15. The van der Waals surface area contributed by atoms with Crippen molar-refractivity contribution in [2.75, 3.05) is 5.32 Å². The minimum atomic E-state index is -0.374. The molecule has 2 heterocycles. The molecule has 1 atom stereocenters. The minimum Gasteiger partial charge on any atom is -0.348 e. The Hall–Kier alpha value is -3.81. The molecule has 31 heavy (non-hydrogen) atoms. The molecule has 0 aliphatic carbocycles. The molecule has 0 fully saturated rings. The lowest BCUT2D eigenvalue weighted by molar-refractivity contribution is 0.583. The Kier molecular flexibility index (Phi) is 5.37. The number of rotatable bonds is 5. The van der Waals surface area contributed by atoms with Crippen LogP contribution in [0.1, 0.15) is 18.5 Å². The van der Waals surface area contributed by atoms with Crippen molar-refractivity contribution in [3.8, 4) is 22.5 Å². The van der Waals surface area contributed by atoms with Gasteiger partial charge in [0.15, 0.2) is 0 Å². The van der Waals surface area contributed by atoms with Crippen LogP contribution in [0, 0.1) is 11.6 Å². The summed E-state index contributed by atoms with van der Waals surface area (Å²) in [7, 11) is 3.43. The van der Waals surface area contributed by atoms with Crippen LogP contribution in [0.5, 0.6) is 0 Å². The summed E-state index contributed by atoms with van der Waals surface area (Å²) in [6, 6.07) is 13.6. The molecule has 0 unspecified atom stereocenters. The van der Waals surface area contributed by atoms with Crippen molar-refractivity contribution >= 4 is 5.95 Å². The molecular formula is C23H21F2N5O. The molecule has 2 aromatic heterocycles. The fourth-order valence-corrected chi connectivity index (χ4v) is 3.47. The average molecular weight is 421 g/mol. The highest BCUT2D eigenvalue weighted by atomic mass is 19.1. The highest BCUT2D eigenvalue weighted by Crippen LogP contribution is 2.29. The smallest absolute Gasteiger partial charge is 0.274 e. The summed E-state index contributed by atoms with van der Waals surface area (Å²) in [6.45, 7) is 1.92. The van der Waals surface area contributed by atoms with Crippen molar-refractivity contribution in [1.82, 2.24) is 19.3 Å². The molecule has 4 aromatic rings. The van der Waals surface area contributed by atoms with E-state index in [9.17, 15) is 13.6 Å². The summed E-state index contributed by atoms with van der Waals surface area (Å²) in [5, 5.41) is 3.21. The minimum absolute atomic E-state index is 0.160. The van der Waals surface area contributed by atoms with E-state index < -0.39 is 0 Å². The summed E-state index contributed by atoms with van der Waals surface area (Å²) in [5.41, 5.74) is 2.85. The van der Waals surface area contributed by atoms with Crippen LogP contribution in [0.2, 0.25) is 0 Å². The second-order valence-corrected chi connectivity index (χ2v) is 7.27. The molecule has 6 nitrogen and oxygen atoms in total. The van der Waals surface area contributed by atoms with Crippen LogP contribution in [0.3, 0.4) is 0 Å². The van der Waals surface area contributed by atoms with E-state index in [2.05, 4.69) is 15.3 Å². The third-order valence-corrected chi connectivity index (χ3v) is 5.26. The number of benzene rings is 2. The van der Waals surface area contributed by atoms with Gasteiger partial charge < -0.3 is 5.32 Å². The lowest BCUT2D eigenvalue weighted by Crippen LogP contribution is -2.17. The van der Waals surface area contributed by atoms with Gasteiger partial charge >= 0.3 is 0 Å². The maximum absolute atomic E-state index is 13.4. The monoisotopic (exact) mass is 421 g/mol. The molecule has 0 radical (unpaired) electrons. The van der Waals surface area contributed by atoms with Crippen LogP contribution in [0.4, 0.5) is 14.7 Å². The van der Waals surface area contributed by atoms with Crippen molar-refractivity contribution < 1.29 is 8.78 Å². The van der Waals surface area contributed by atoms with E-state index in [0.717, 1.165) is 5.56 Å². The van der Waals surface area contributed by atoms with Gasteiger partial charge in [-0.05, 0) is 48.4 Å². The molecule has 0 amide bonds. The van der Waals surface area contributed by atoms with Crippen LogP contribution in [-0.4, -0.2) is 19.3 Å². The Morgan fingerprint density at radius 1 is 0.903 bits per heavy atom. The van der Waals surface area contributed by atoms with E-state index in [1.54, 1.807) is 55.3 Å². The summed E-state index contributed by atoms with van der Waals surface area (Å²) in [4.78, 5) is 21.8. The summed E-state index contributed by atoms with van der Waals surface area (Å²) >= 11 is 0. The zero-order chi connectivity index (χ0) is 22.1. The number of nitrogens with zero attached hydrogens (tertiary/aromatic N) is 4. The van der Waals surface area contributed by atoms with E-state index in [0.29, 0.717) is 28.5 Å². The summed E-state index contributed by atoms with van der Waals surface area (Å²) in [6.07, 6.45) is 1.61. The molecule has 0 aliphatic heterocycles. The molecular weight excluding hydrogens is 400 g/mol. The third-order valence-electron chi connectivity index (χ3n) is 5.26. The second-order valence-electron chi connectivity index (χ2n) is 7.27. The Labute approximate surface area is 177 Å². The molecule has 0 spiro atoms. The first kappa shape index (κ1) is 20.5. The van der Waals surface area contributed by atoms with Gasteiger partial charge in [0.05, 0.1) is 23.0 Å². The lowest BCUT2D eigenvalue weighted by atomic mass is 10.0. The van der Waals surface area contributed by atoms with Gasteiger partial charge in [0, 0.05) is 20.3 Å². The number of nitrogens with one attached hydrogen (secondary N) is 1. The first-order chi connectivity index (χ1) is 14.8. The standard InChI is InChI=1S/C23H21F2N5O/c1-14(15-4-8-17(24)9-5-15)27-23-26-13-12-19(28-23)21-20(22(31)30(3)29(21)2)16-6-10-18(25)11-7-16/h4-14H,1-3H3,(H,26,27,28)/t14-/m0/s1. The largest absolute Gasteiger partial charge is 0.348 e. The Balaban J connectivity index is 1.74. The number of anilines is 1. The molecule has 4 rings (SSSR count). The van der Waals surface area contributed by atoms with Gasteiger partial charge in [-0.2, -0.15) is 0 Å². The predicted molar refractivity (Wildman–Crippen MR) is 116 cm³/mol. The number of halogens is 2. The topological polar surface area (TPSA) is 64.7 Å². The first-order valence-electron chi connectivity index (χ1n) is 9.72. The fraction of sp³-hybridized carbons (Fsp3) is 0.174. The van der Waals surface area contributed by atoms with Crippen molar-refractivity contribution in [3.05, 3.63) is 88.3 Å². The fourth-order valence-electron chi connectivity index (χ4n) is 3.47. The van der Waals surface area contributed by atoms with E-state index in [-0.39, 0.29) is 23.2 Å². The van der Waals surface area contributed by atoms with Gasteiger partial charge in [0.1, 0.15) is 11.6 Å². The van der Waals surface area contributed by atoms with E-state index in [4.69, 9.17) is 0 Å². The maximum Gasteiger partial charge on any atom is 0.274 e. The zero-order valence-electron chi connectivity index (χ0n) is 17.3. The Morgan fingerprint density at radius 2 is 1.52 bits per heavy atom. The number of hydrogen-bond acceptors (Lipinski definition) is 4. The van der Waals surface area contributed by atoms with Crippen LogP contribution in [0.15, 0.2) is 65.6 Å². The summed E-state index contributed by atoms with van der Waals surface area (Å²) < 4.78 is 29.8. The van der Waals surface area contributed by atoms with Crippen molar-refractivity contribution in [2.45, 2.75) is 13.0 Å². The quantitative estimate of drug-likeness (QED) is 0.522. The van der Waals surface area contributed by atoms with Crippen LogP contribution in [-0.2, 0) is 14.1 Å². The molecule has 2 aromatic carbocycles. The van der Waals surface area contributed by atoms with Gasteiger partial charge in [0.25, 0.3) is 5.56 Å². The normalized spacial score (nSPS) is 12.0. The highest BCUT2D eigenvalue weighted by molar-refractivity contribution is 5.79. The molecule has 0 bridgehead atoms. The second kappa shape index (κ2) is 8.14. The third kappa shape index (κ3) is 3.96. The number of aromatic nitrogens is 4. The van der Waals surface area contributed by atoms with Crippen molar-refractivity contribution in [1.29, 1.82) is 0 Å². The maximum atomic E-state index is 13.4. The van der Waals surface area contributed by atoms with Crippen LogP contribution < -0.4 is 10.9 Å². The van der Waals surface area contributed by atoms with Crippen LogP contribution in [0.25, 0.3) is 22.5 Å². The van der Waals surface area contributed by atoms with E-state index in [1.165, 1.54) is 28.9 Å². The molecule has 0 aliphatic rings. The Morgan fingerprint density at radius 3 is 2.16 bits per heavy atom. The zero-order valence-corrected chi connectivity index (χ0v) is 17.3. The molecule has 158 valence electrons. The van der Waals surface area contributed by atoms with Gasteiger partial charge in [-0.1, -0.05) is 24.3 Å². The average Bonchev–Trinajstić information content (AvgIpc) is 2.99. The molecule has 8 heteroatoms. The van der Waals surface area contributed by atoms with Gasteiger partial charge in [0.2, 0.25) is 5.95 Å². The molecule has 0 saturated carbocycles. The predicted octanol–water partition coefficient (Wildman–Crippen LogP) is 4.30. The van der Waals surface area contributed by atoms with Gasteiger partial charge in [-0.15, -0.1) is 0 Å². The van der Waals surface area contributed by atoms with Gasteiger partial charge in [-0.3, -0.25) is 14.2 Å². The highest BCUT2D eigenvalue weighted by Gasteiger charge is 2.21. The van der Waals surface area contributed by atoms with Crippen molar-refractivity contribution in [3.63, 3.8) is 0 Å². The summed E-state index contributed by atoms with van der Waals surface area (Å²) in [5.74, 6) is -0.301. The number of hydrogen-bond donors (Lipinski definition) is 1. The van der Waals surface area contributed by atoms with Crippen LogP contribution >= 0.6 is 0 Å². The Bertz CT molecular complexity index is 1280. The van der Waals surface area contributed by atoms with E-state index >= 15 is 0 Å². The van der Waals surface area contributed by atoms with Crippen molar-refractivity contribution in [2.24, 2.45) is 14.1 Å². The van der Waals surface area contributed by atoms with E-state index in [1.807, 2.05) is 6.92 Å². The molecule has 0 saturated heterocycles.